The first-order valence-corrected chi connectivity index (χ1v) is 8.20. The van der Waals surface area contributed by atoms with Gasteiger partial charge in [-0.05, 0) is 38.4 Å². The molecule has 3 rings (SSSR count). The molecule has 1 aromatic carbocycles. The number of amides is 1. The van der Waals surface area contributed by atoms with Gasteiger partial charge in [0.25, 0.3) is 0 Å². The van der Waals surface area contributed by atoms with Gasteiger partial charge in [0.05, 0.1) is 5.69 Å². The SMILES string of the molecule is C[C@H]1C[C@@H](C(=O)N2CCN(c3ccccc3O)CC2)CCN1. The summed E-state index contributed by atoms with van der Waals surface area (Å²) in [5, 5.41) is 13.3. The normalized spacial score (nSPS) is 26.0. The van der Waals surface area contributed by atoms with Crippen molar-refractivity contribution >= 4 is 11.6 Å². The van der Waals surface area contributed by atoms with Gasteiger partial charge >= 0.3 is 0 Å². The highest BCUT2D eigenvalue weighted by atomic mass is 16.3. The Morgan fingerprint density at radius 2 is 1.95 bits per heavy atom. The van der Waals surface area contributed by atoms with E-state index in [1.807, 2.05) is 23.1 Å². The molecule has 0 aliphatic carbocycles. The second kappa shape index (κ2) is 6.57. The van der Waals surface area contributed by atoms with Crippen LogP contribution in [0, 0.1) is 5.92 Å². The van der Waals surface area contributed by atoms with Gasteiger partial charge in [-0.25, -0.2) is 0 Å². The number of carbonyl (C=O) groups excluding carboxylic acids is 1. The van der Waals surface area contributed by atoms with E-state index in [0.717, 1.165) is 51.3 Å². The molecule has 0 unspecified atom stereocenters. The lowest BCUT2D eigenvalue weighted by atomic mass is 9.92. The van der Waals surface area contributed by atoms with Gasteiger partial charge in [-0.15, -0.1) is 0 Å². The fourth-order valence-corrected chi connectivity index (χ4v) is 3.51. The van der Waals surface area contributed by atoms with E-state index in [1.165, 1.54) is 0 Å². The molecule has 2 aliphatic heterocycles. The number of nitrogens with zero attached hydrogens (tertiary/aromatic N) is 2. The van der Waals surface area contributed by atoms with Crippen LogP contribution in [0.25, 0.3) is 0 Å². The zero-order chi connectivity index (χ0) is 15.5. The van der Waals surface area contributed by atoms with Crippen molar-refractivity contribution < 1.29 is 9.90 Å². The Morgan fingerprint density at radius 3 is 2.64 bits per heavy atom. The molecule has 2 aliphatic rings. The average Bonchev–Trinajstić information content (AvgIpc) is 2.55. The summed E-state index contributed by atoms with van der Waals surface area (Å²) in [5.41, 5.74) is 0.866. The summed E-state index contributed by atoms with van der Waals surface area (Å²) in [4.78, 5) is 16.8. The van der Waals surface area contributed by atoms with Crippen molar-refractivity contribution in [1.82, 2.24) is 10.2 Å². The van der Waals surface area contributed by atoms with Crippen molar-refractivity contribution in [2.24, 2.45) is 5.92 Å². The maximum atomic E-state index is 12.6. The van der Waals surface area contributed by atoms with E-state index < -0.39 is 0 Å². The first kappa shape index (κ1) is 15.2. The van der Waals surface area contributed by atoms with Crippen LogP contribution in [0.5, 0.6) is 5.75 Å². The summed E-state index contributed by atoms with van der Waals surface area (Å²) in [6.45, 7) is 6.13. The highest BCUT2D eigenvalue weighted by Crippen LogP contribution is 2.28. The summed E-state index contributed by atoms with van der Waals surface area (Å²) >= 11 is 0. The zero-order valence-corrected chi connectivity index (χ0v) is 13.2. The van der Waals surface area contributed by atoms with E-state index in [4.69, 9.17) is 0 Å². The summed E-state index contributed by atoms with van der Waals surface area (Å²) in [6, 6.07) is 7.84. The lowest BCUT2D eigenvalue weighted by Crippen LogP contribution is -2.52. The van der Waals surface area contributed by atoms with Crippen molar-refractivity contribution in [2.75, 3.05) is 37.6 Å². The zero-order valence-electron chi connectivity index (χ0n) is 13.2. The fourth-order valence-electron chi connectivity index (χ4n) is 3.51. The number of anilines is 1. The number of nitrogens with one attached hydrogen (secondary N) is 1. The third-order valence-electron chi connectivity index (χ3n) is 4.79. The third-order valence-corrected chi connectivity index (χ3v) is 4.79. The Hall–Kier alpha value is -1.75. The smallest absolute Gasteiger partial charge is 0.225 e. The van der Waals surface area contributed by atoms with Gasteiger partial charge in [0.1, 0.15) is 5.75 Å². The molecule has 0 aromatic heterocycles. The number of piperidine rings is 1. The Bertz CT molecular complexity index is 526. The molecule has 22 heavy (non-hydrogen) atoms. The van der Waals surface area contributed by atoms with Crippen LogP contribution in [0.2, 0.25) is 0 Å². The molecule has 2 heterocycles. The Balaban J connectivity index is 1.57. The lowest BCUT2D eigenvalue weighted by molar-refractivity contribution is -0.137. The molecule has 0 spiro atoms. The van der Waals surface area contributed by atoms with Crippen LogP contribution >= 0.6 is 0 Å². The number of carbonyl (C=O) groups is 1. The Labute approximate surface area is 131 Å². The first-order valence-electron chi connectivity index (χ1n) is 8.20. The largest absolute Gasteiger partial charge is 0.506 e. The maximum absolute atomic E-state index is 12.6. The molecule has 5 nitrogen and oxygen atoms in total. The number of rotatable bonds is 2. The van der Waals surface area contributed by atoms with Gasteiger partial charge in [0.2, 0.25) is 5.91 Å². The lowest BCUT2D eigenvalue weighted by Gasteiger charge is -2.39. The quantitative estimate of drug-likeness (QED) is 0.868. The minimum absolute atomic E-state index is 0.174. The van der Waals surface area contributed by atoms with E-state index in [-0.39, 0.29) is 5.92 Å². The molecule has 1 amide bonds. The standard InChI is InChI=1S/C17H25N3O2/c1-13-12-14(6-7-18-13)17(22)20-10-8-19(9-11-20)15-4-2-3-5-16(15)21/h2-5,13-14,18,21H,6-12H2,1H3/t13-,14-/m0/s1. The van der Waals surface area contributed by atoms with Gasteiger partial charge in [-0.2, -0.15) is 0 Å². The highest BCUT2D eigenvalue weighted by Gasteiger charge is 2.30. The van der Waals surface area contributed by atoms with E-state index in [0.29, 0.717) is 17.7 Å². The van der Waals surface area contributed by atoms with Gasteiger partial charge in [0, 0.05) is 38.1 Å². The molecule has 1 aromatic rings. The van der Waals surface area contributed by atoms with Crippen LogP contribution < -0.4 is 10.2 Å². The van der Waals surface area contributed by atoms with Crippen LogP contribution in [0.15, 0.2) is 24.3 Å². The molecule has 0 saturated carbocycles. The van der Waals surface area contributed by atoms with Crippen LogP contribution in [-0.4, -0.2) is 54.7 Å². The van der Waals surface area contributed by atoms with Gasteiger partial charge in [0.15, 0.2) is 0 Å². The van der Waals surface area contributed by atoms with Crippen molar-refractivity contribution in [3.63, 3.8) is 0 Å². The van der Waals surface area contributed by atoms with Crippen LogP contribution in [0.1, 0.15) is 19.8 Å². The molecule has 0 radical (unpaired) electrons. The van der Waals surface area contributed by atoms with Crippen molar-refractivity contribution in [3.05, 3.63) is 24.3 Å². The predicted molar refractivity (Wildman–Crippen MR) is 87.1 cm³/mol. The maximum Gasteiger partial charge on any atom is 0.225 e. The van der Waals surface area contributed by atoms with E-state index in [2.05, 4.69) is 17.1 Å². The minimum atomic E-state index is 0.174. The first-order chi connectivity index (χ1) is 10.6. The van der Waals surface area contributed by atoms with Crippen molar-refractivity contribution in [2.45, 2.75) is 25.8 Å². The summed E-state index contributed by atoms with van der Waals surface area (Å²) in [5.74, 6) is 0.799. The Kier molecular flexibility index (Phi) is 4.52. The Morgan fingerprint density at radius 1 is 1.23 bits per heavy atom. The topological polar surface area (TPSA) is 55.8 Å². The number of hydrogen-bond donors (Lipinski definition) is 2. The number of benzene rings is 1. The summed E-state index contributed by atoms with van der Waals surface area (Å²) in [6.07, 6.45) is 1.89. The monoisotopic (exact) mass is 303 g/mol. The molecule has 0 bridgehead atoms. The number of phenolic OH excluding ortho intramolecular Hbond substituents is 1. The predicted octanol–water partition coefficient (Wildman–Crippen LogP) is 1.43. The fraction of sp³-hybridized carbons (Fsp3) is 0.588. The number of para-hydroxylation sites is 2. The molecule has 2 saturated heterocycles. The number of hydrogen-bond acceptors (Lipinski definition) is 4. The van der Waals surface area contributed by atoms with Gasteiger partial charge < -0.3 is 20.2 Å². The minimum Gasteiger partial charge on any atom is -0.506 e. The van der Waals surface area contributed by atoms with Crippen LogP contribution in [-0.2, 0) is 4.79 Å². The van der Waals surface area contributed by atoms with E-state index in [1.54, 1.807) is 6.07 Å². The van der Waals surface area contributed by atoms with Crippen molar-refractivity contribution in [1.29, 1.82) is 0 Å². The number of piperazine rings is 1. The van der Waals surface area contributed by atoms with Crippen LogP contribution in [0.3, 0.4) is 0 Å². The summed E-state index contributed by atoms with van der Waals surface area (Å²) < 4.78 is 0. The molecule has 2 fully saturated rings. The highest BCUT2D eigenvalue weighted by molar-refractivity contribution is 5.79. The molecular formula is C17H25N3O2. The molecule has 120 valence electrons. The molecule has 2 atom stereocenters. The molecule has 5 heteroatoms. The van der Waals surface area contributed by atoms with E-state index in [9.17, 15) is 9.90 Å². The van der Waals surface area contributed by atoms with E-state index >= 15 is 0 Å². The van der Waals surface area contributed by atoms with Gasteiger partial charge in [-0.1, -0.05) is 12.1 Å². The second-order valence-corrected chi connectivity index (χ2v) is 6.38. The average molecular weight is 303 g/mol. The van der Waals surface area contributed by atoms with Crippen LogP contribution in [0.4, 0.5) is 5.69 Å². The van der Waals surface area contributed by atoms with Crippen molar-refractivity contribution in [3.8, 4) is 5.75 Å². The summed E-state index contributed by atoms with van der Waals surface area (Å²) in [7, 11) is 0. The number of aromatic hydroxyl groups is 1. The molecular weight excluding hydrogens is 278 g/mol. The third kappa shape index (κ3) is 3.19. The number of phenols is 1. The molecule has 2 N–H and O–H groups in total. The van der Waals surface area contributed by atoms with Gasteiger partial charge in [-0.3, -0.25) is 4.79 Å². The second-order valence-electron chi connectivity index (χ2n) is 6.38.